The standard InChI is InChI=1S/C20H8Br2O7/c21-10-3-13-12(25-5-26-13)2-8(10)15-16-7(1-9-17(15)20(24)29-19(9)23)11(22)4-14-18(16)28-6-27-14/h1-4H,5-6H2. The quantitative estimate of drug-likeness (QED) is 0.337. The van der Waals surface area contributed by atoms with Gasteiger partial charge in [-0.1, -0.05) is 31.9 Å². The number of benzene rings is 3. The molecule has 0 saturated carbocycles. The summed E-state index contributed by atoms with van der Waals surface area (Å²) in [5.74, 6) is 0.768. The van der Waals surface area contributed by atoms with Gasteiger partial charge in [0.2, 0.25) is 13.6 Å². The lowest BCUT2D eigenvalue weighted by Crippen LogP contribution is -2.00. The van der Waals surface area contributed by atoms with E-state index in [1.165, 1.54) is 0 Å². The summed E-state index contributed by atoms with van der Waals surface area (Å²) in [7, 11) is 0. The first-order valence-corrected chi connectivity index (χ1v) is 10.1. The van der Waals surface area contributed by atoms with Crippen LogP contribution < -0.4 is 18.9 Å². The molecule has 0 amide bonds. The second kappa shape index (κ2) is 5.87. The van der Waals surface area contributed by atoms with Crippen LogP contribution in [0.5, 0.6) is 23.0 Å². The first kappa shape index (κ1) is 17.1. The van der Waals surface area contributed by atoms with Crippen molar-refractivity contribution in [2.75, 3.05) is 13.6 Å². The number of hydrogen-bond acceptors (Lipinski definition) is 7. The Kier molecular flexibility index (Phi) is 3.46. The van der Waals surface area contributed by atoms with Crippen molar-refractivity contribution in [3.05, 3.63) is 44.3 Å². The van der Waals surface area contributed by atoms with Gasteiger partial charge in [0, 0.05) is 30.8 Å². The highest BCUT2D eigenvalue weighted by molar-refractivity contribution is 9.11. The summed E-state index contributed by atoms with van der Waals surface area (Å²) < 4.78 is 28.5. The van der Waals surface area contributed by atoms with Gasteiger partial charge >= 0.3 is 11.9 Å². The predicted molar refractivity (Wildman–Crippen MR) is 107 cm³/mol. The van der Waals surface area contributed by atoms with Crippen molar-refractivity contribution in [3.63, 3.8) is 0 Å². The maximum absolute atomic E-state index is 12.6. The highest BCUT2D eigenvalue weighted by Gasteiger charge is 2.37. The van der Waals surface area contributed by atoms with Crippen LogP contribution in [0.1, 0.15) is 20.7 Å². The highest BCUT2D eigenvalue weighted by Crippen LogP contribution is 2.52. The molecule has 3 aliphatic heterocycles. The van der Waals surface area contributed by atoms with Gasteiger partial charge in [-0.25, -0.2) is 9.59 Å². The van der Waals surface area contributed by atoms with Crippen LogP contribution in [0.15, 0.2) is 33.2 Å². The zero-order valence-electron chi connectivity index (χ0n) is 14.3. The first-order chi connectivity index (χ1) is 14.0. The van der Waals surface area contributed by atoms with Gasteiger partial charge in [-0.15, -0.1) is 0 Å². The maximum Gasteiger partial charge on any atom is 0.347 e. The fourth-order valence-electron chi connectivity index (χ4n) is 3.83. The molecule has 0 atom stereocenters. The summed E-state index contributed by atoms with van der Waals surface area (Å²) in [5.41, 5.74) is 1.51. The summed E-state index contributed by atoms with van der Waals surface area (Å²) in [4.78, 5) is 25.0. The molecule has 0 saturated heterocycles. The van der Waals surface area contributed by atoms with Crippen molar-refractivity contribution in [3.8, 4) is 34.1 Å². The van der Waals surface area contributed by atoms with Gasteiger partial charge in [0.25, 0.3) is 0 Å². The Morgan fingerprint density at radius 2 is 1.38 bits per heavy atom. The third kappa shape index (κ3) is 2.28. The lowest BCUT2D eigenvalue weighted by Gasteiger charge is -2.15. The molecule has 3 aromatic rings. The Hall–Kier alpha value is -2.78. The zero-order chi connectivity index (χ0) is 19.9. The van der Waals surface area contributed by atoms with E-state index in [0.717, 1.165) is 0 Å². The van der Waals surface area contributed by atoms with Gasteiger partial charge in [0.05, 0.1) is 11.1 Å². The van der Waals surface area contributed by atoms with Crippen molar-refractivity contribution >= 4 is 54.6 Å². The van der Waals surface area contributed by atoms with Gasteiger partial charge < -0.3 is 23.7 Å². The Bertz CT molecular complexity index is 1300. The average molecular weight is 520 g/mol. The molecule has 29 heavy (non-hydrogen) atoms. The molecule has 0 unspecified atom stereocenters. The normalized spacial score (nSPS) is 15.8. The highest BCUT2D eigenvalue weighted by atomic mass is 79.9. The number of rotatable bonds is 1. The molecule has 9 heteroatoms. The predicted octanol–water partition coefficient (Wildman–Crippen LogP) is 4.80. The van der Waals surface area contributed by atoms with E-state index < -0.39 is 11.9 Å². The SMILES string of the molecule is O=C1OC(=O)c2c1cc1c(Br)cc3c(c1c2-c1cc2c(cc1Br)OCO2)OCO3. The molecule has 7 nitrogen and oxygen atoms in total. The molecule has 3 aromatic carbocycles. The topological polar surface area (TPSA) is 80.3 Å². The van der Waals surface area contributed by atoms with Crippen molar-refractivity contribution in [2.45, 2.75) is 0 Å². The summed E-state index contributed by atoms with van der Waals surface area (Å²) in [6.07, 6.45) is 0. The number of cyclic esters (lactones) is 2. The van der Waals surface area contributed by atoms with E-state index in [0.29, 0.717) is 53.8 Å². The van der Waals surface area contributed by atoms with Crippen LogP contribution in [-0.2, 0) is 4.74 Å². The van der Waals surface area contributed by atoms with E-state index in [2.05, 4.69) is 31.9 Å². The van der Waals surface area contributed by atoms with Crippen molar-refractivity contribution in [2.24, 2.45) is 0 Å². The zero-order valence-corrected chi connectivity index (χ0v) is 17.5. The molecular formula is C20H8Br2O7. The van der Waals surface area contributed by atoms with Crippen LogP contribution in [0.25, 0.3) is 21.9 Å². The summed E-state index contributed by atoms with van der Waals surface area (Å²) in [6, 6.07) is 6.94. The summed E-state index contributed by atoms with van der Waals surface area (Å²) >= 11 is 7.10. The minimum absolute atomic E-state index is 0.0586. The number of esters is 2. The van der Waals surface area contributed by atoms with E-state index in [4.69, 9.17) is 23.7 Å². The summed E-state index contributed by atoms with van der Waals surface area (Å²) in [6.45, 7) is 0.167. The number of halogens is 2. The monoisotopic (exact) mass is 518 g/mol. The third-order valence-electron chi connectivity index (χ3n) is 5.05. The summed E-state index contributed by atoms with van der Waals surface area (Å²) in [5, 5.41) is 1.33. The minimum atomic E-state index is -0.709. The van der Waals surface area contributed by atoms with Crippen molar-refractivity contribution in [1.29, 1.82) is 0 Å². The molecule has 0 aliphatic carbocycles. The van der Waals surface area contributed by atoms with Gasteiger partial charge in [-0.05, 0) is 24.3 Å². The average Bonchev–Trinajstić information content (AvgIpc) is 3.40. The minimum Gasteiger partial charge on any atom is -0.454 e. The number of ether oxygens (including phenoxy) is 5. The third-order valence-corrected chi connectivity index (χ3v) is 6.36. The second-order valence-corrected chi connectivity index (χ2v) is 8.26. The molecule has 0 spiro atoms. The van der Waals surface area contributed by atoms with Crippen LogP contribution in [0.4, 0.5) is 0 Å². The van der Waals surface area contributed by atoms with Gasteiger partial charge in [-0.3, -0.25) is 0 Å². The van der Waals surface area contributed by atoms with Gasteiger partial charge in [-0.2, -0.15) is 0 Å². The lowest BCUT2D eigenvalue weighted by molar-refractivity contribution is 0.0444. The Morgan fingerprint density at radius 1 is 0.690 bits per heavy atom. The Balaban J connectivity index is 1.82. The van der Waals surface area contributed by atoms with Gasteiger partial charge in [0.15, 0.2) is 23.0 Å². The van der Waals surface area contributed by atoms with E-state index in [1.807, 2.05) is 0 Å². The number of fused-ring (bicyclic) bond motifs is 5. The van der Waals surface area contributed by atoms with Gasteiger partial charge in [0.1, 0.15) is 0 Å². The van der Waals surface area contributed by atoms with E-state index in [1.54, 1.807) is 24.3 Å². The molecule has 3 heterocycles. The molecule has 0 bridgehead atoms. The molecule has 0 N–H and O–H groups in total. The van der Waals surface area contributed by atoms with Crippen LogP contribution in [0, 0.1) is 0 Å². The van der Waals surface area contributed by atoms with E-state index >= 15 is 0 Å². The van der Waals surface area contributed by atoms with E-state index in [9.17, 15) is 9.59 Å². The largest absolute Gasteiger partial charge is 0.454 e. The Labute approximate surface area is 179 Å². The molecule has 0 aromatic heterocycles. The smallest absolute Gasteiger partial charge is 0.347 e. The molecule has 6 rings (SSSR count). The van der Waals surface area contributed by atoms with Crippen molar-refractivity contribution < 1.29 is 33.3 Å². The lowest BCUT2D eigenvalue weighted by atomic mass is 9.89. The number of carbonyl (C=O) groups is 2. The molecular weight excluding hydrogens is 512 g/mol. The fraction of sp³-hybridized carbons (Fsp3) is 0.100. The molecule has 3 aliphatic rings. The second-order valence-electron chi connectivity index (χ2n) is 6.55. The van der Waals surface area contributed by atoms with Crippen molar-refractivity contribution in [1.82, 2.24) is 0 Å². The molecule has 0 radical (unpaired) electrons. The van der Waals surface area contributed by atoms with Crippen LogP contribution in [-0.4, -0.2) is 25.5 Å². The number of carbonyl (C=O) groups excluding carboxylic acids is 2. The van der Waals surface area contributed by atoms with Crippen LogP contribution in [0.3, 0.4) is 0 Å². The fourth-order valence-corrected chi connectivity index (χ4v) is 4.87. The molecule has 144 valence electrons. The molecule has 0 fully saturated rings. The van der Waals surface area contributed by atoms with Crippen LogP contribution in [0.2, 0.25) is 0 Å². The van der Waals surface area contributed by atoms with E-state index in [-0.39, 0.29) is 24.7 Å². The maximum atomic E-state index is 12.6. The number of hydrogen-bond donors (Lipinski definition) is 0. The first-order valence-electron chi connectivity index (χ1n) is 8.48. The van der Waals surface area contributed by atoms with Crippen LogP contribution >= 0.6 is 31.9 Å². The Morgan fingerprint density at radius 3 is 2.21 bits per heavy atom.